The zero-order chi connectivity index (χ0) is 14.8. The van der Waals surface area contributed by atoms with Gasteiger partial charge in [0.1, 0.15) is 0 Å². The molecule has 1 aliphatic rings. The summed E-state index contributed by atoms with van der Waals surface area (Å²) in [6.07, 6.45) is 0.907. The molecular weight excluding hydrogens is 272 g/mol. The molecule has 0 aromatic heterocycles. The lowest BCUT2D eigenvalue weighted by Crippen LogP contribution is -2.46. The predicted octanol–water partition coefficient (Wildman–Crippen LogP) is 3.08. The first kappa shape index (κ1) is 15.3. The molecule has 1 heterocycles. The maximum atomic E-state index is 12.9. The fourth-order valence-corrected chi connectivity index (χ4v) is 2.88. The van der Waals surface area contributed by atoms with Crippen LogP contribution in [0, 0.1) is 5.41 Å². The van der Waals surface area contributed by atoms with E-state index in [-0.39, 0.29) is 17.4 Å². The van der Waals surface area contributed by atoms with E-state index in [1.165, 1.54) is 0 Å². The van der Waals surface area contributed by atoms with Crippen molar-refractivity contribution in [2.75, 3.05) is 13.1 Å². The summed E-state index contributed by atoms with van der Waals surface area (Å²) in [6.45, 7) is 8.49. The van der Waals surface area contributed by atoms with E-state index in [2.05, 4.69) is 26.1 Å². The molecule has 1 fully saturated rings. The summed E-state index contributed by atoms with van der Waals surface area (Å²) >= 11 is 6.03. The lowest BCUT2D eigenvalue weighted by Gasteiger charge is -2.34. The number of hydrogen-bond acceptors (Lipinski definition) is 2. The van der Waals surface area contributed by atoms with Gasteiger partial charge in [0.2, 0.25) is 5.91 Å². The predicted molar refractivity (Wildman–Crippen MR) is 82.7 cm³/mol. The number of amides is 1. The van der Waals surface area contributed by atoms with Crippen LogP contribution in [-0.2, 0) is 11.3 Å². The van der Waals surface area contributed by atoms with Gasteiger partial charge in [-0.25, -0.2) is 0 Å². The van der Waals surface area contributed by atoms with Gasteiger partial charge < -0.3 is 10.2 Å². The summed E-state index contributed by atoms with van der Waals surface area (Å²) in [5.41, 5.74) is 0.803. The summed E-state index contributed by atoms with van der Waals surface area (Å²) in [5, 5.41) is 4.01. The first-order chi connectivity index (χ1) is 9.42. The number of rotatable bonds is 4. The van der Waals surface area contributed by atoms with Crippen molar-refractivity contribution < 1.29 is 4.79 Å². The quantitative estimate of drug-likeness (QED) is 0.925. The molecule has 1 aromatic rings. The molecule has 1 saturated heterocycles. The Hall–Kier alpha value is -1.06. The summed E-state index contributed by atoms with van der Waals surface area (Å²) in [7, 11) is 0. The van der Waals surface area contributed by atoms with Crippen LogP contribution in [0.25, 0.3) is 0 Å². The zero-order valence-corrected chi connectivity index (χ0v) is 13.2. The van der Waals surface area contributed by atoms with Crippen LogP contribution in [0.2, 0.25) is 5.02 Å². The molecule has 20 heavy (non-hydrogen) atoms. The van der Waals surface area contributed by atoms with Crippen molar-refractivity contribution in [1.29, 1.82) is 0 Å². The highest BCUT2D eigenvalue weighted by atomic mass is 35.5. The maximum absolute atomic E-state index is 12.9. The van der Waals surface area contributed by atoms with E-state index in [0.29, 0.717) is 11.6 Å². The second-order valence-electron chi connectivity index (χ2n) is 6.14. The van der Waals surface area contributed by atoms with Crippen LogP contribution in [-0.4, -0.2) is 29.9 Å². The van der Waals surface area contributed by atoms with Gasteiger partial charge in [0.25, 0.3) is 0 Å². The van der Waals surface area contributed by atoms with Gasteiger partial charge in [0.15, 0.2) is 0 Å². The summed E-state index contributed by atoms with van der Waals surface area (Å²) in [5.74, 6) is 0.234. The molecule has 0 aliphatic carbocycles. The second kappa shape index (κ2) is 6.15. The van der Waals surface area contributed by atoms with Crippen molar-refractivity contribution in [3.05, 3.63) is 34.9 Å². The van der Waals surface area contributed by atoms with E-state index in [9.17, 15) is 4.79 Å². The van der Waals surface area contributed by atoms with Crippen LogP contribution < -0.4 is 5.32 Å². The SMILES string of the molecule is CC(C)N(Cc1cccc(Cl)c1)C(=O)C1(C)CCNC1. The molecule has 1 unspecified atom stereocenters. The maximum Gasteiger partial charge on any atom is 0.230 e. The lowest BCUT2D eigenvalue weighted by atomic mass is 9.87. The van der Waals surface area contributed by atoms with Crippen molar-refractivity contribution in [3.63, 3.8) is 0 Å². The third-order valence-corrected chi connectivity index (χ3v) is 4.25. The molecule has 110 valence electrons. The number of nitrogens with one attached hydrogen (secondary N) is 1. The number of carbonyl (C=O) groups excluding carboxylic acids is 1. The molecular formula is C16H23ClN2O. The minimum Gasteiger partial charge on any atom is -0.335 e. The topological polar surface area (TPSA) is 32.3 Å². The van der Waals surface area contributed by atoms with Crippen molar-refractivity contribution in [3.8, 4) is 0 Å². The van der Waals surface area contributed by atoms with Crippen LogP contribution >= 0.6 is 11.6 Å². The molecule has 0 radical (unpaired) electrons. The Labute approximate surface area is 126 Å². The smallest absolute Gasteiger partial charge is 0.230 e. The van der Waals surface area contributed by atoms with E-state index < -0.39 is 0 Å². The number of carbonyl (C=O) groups is 1. The first-order valence-electron chi connectivity index (χ1n) is 7.18. The van der Waals surface area contributed by atoms with Crippen LogP contribution in [0.1, 0.15) is 32.8 Å². The molecule has 2 rings (SSSR count). The Morgan fingerprint density at radius 2 is 2.25 bits per heavy atom. The molecule has 3 nitrogen and oxygen atoms in total. The van der Waals surface area contributed by atoms with E-state index in [4.69, 9.17) is 11.6 Å². The Balaban J connectivity index is 2.17. The standard InChI is InChI=1S/C16H23ClN2O/c1-12(2)19(10-13-5-4-6-14(17)9-13)15(20)16(3)7-8-18-11-16/h4-6,9,12,18H,7-8,10-11H2,1-3H3. The third-order valence-electron chi connectivity index (χ3n) is 4.01. The van der Waals surface area contributed by atoms with Crippen molar-refractivity contribution in [2.45, 2.75) is 39.8 Å². The molecule has 1 amide bonds. The second-order valence-corrected chi connectivity index (χ2v) is 6.58. The molecule has 1 N–H and O–H groups in total. The molecule has 0 saturated carbocycles. The molecule has 0 spiro atoms. The normalized spacial score (nSPS) is 22.2. The first-order valence-corrected chi connectivity index (χ1v) is 7.56. The molecule has 1 atom stereocenters. The summed E-state index contributed by atoms with van der Waals surface area (Å²) < 4.78 is 0. The van der Waals surface area contributed by atoms with Gasteiger partial charge in [-0.3, -0.25) is 4.79 Å². The molecule has 1 aliphatic heterocycles. The number of benzene rings is 1. The Bertz CT molecular complexity index is 481. The van der Waals surface area contributed by atoms with Crippen molar-refractivity contribution in [1.82, 2.24) is 10.2 Å². The summed E-state index contributed by atoms with van der Waals surface area (Å²) in [6, 6.07) is 7.91. The molecule has 0 bridgehead atoms. The highest BCUT2D eigenvalue weighted by Crippen LogP contribution is 2.29. The van der Waals surface area contributed by atoms with Gasteiger partial charge in [-0.15, -0.1) is 0 Å². The van der Waals surface area contributed by atoms with Gasteiger partial charge in [-0.2, -0.15) is 0 Å². The van der Waals surface area contributed by atoms with E-state index >= 15 is 0 Å². The van der Waals surface area contributed by atoms with E-state index in [0.717, 1.165) is 25.1 Å². The van der Waals surface area contributed by atoms with Gasteiger partial charge in [0, 0.05) is 24.2 Å². The van der Waals surface area contributed by atoms with Gasteiger partial charge in [-0.05, 0) is 51.4 Å². The zero-order valence-electron chi connectivity index (χ0n) is 12.4. The molecule has 1 aromatic carbocycles. The lowest BCUT2D eigenvalue weighted by molar-refractivity contribution is -0.142. The fraction of sp³-hybridized carbons (Fsp3) is 0.562. The van der Waals surface area contributed by atoms with Gasteiger partial charge in [0.05, 0.1) is 5.41 Å². The Morgan fingerprint density at radius 3 is 2.80 bits per heavy atom. The minimum atomic E-state index is -0.275. The number of nitrogens with zero attached hydrogens (tertiary/aromatic N) is 1. The highest BCUT2D eigenvalue weighted by molar-refractivity contribution is 6.30. The number of hydrogen-bond donors (Lipinski definition) is 1. The van der Waals surface area contributed by atoms with Crippen LogP contribution in [0.4, 0.5) is 0 Å². The van der Waals surface area contributed by atoms with Crippen LogP contribution in [0.3, 0.4) is 0 Å². The van der Waals surface area contributed by atoms with Crippen LogP contribution in [0.5, 0.6) is 0 Å². The summed E-state index contributed by atoms with van der Waals surface area (Å²) in [4.78, 5) is 14.8. The highest BCUT2D eigenvalue weighted by Gasteiger charge is 2.39. The third kappa shape index (κ3) is 3.33. The van der Waals surface area contributed by atoms with Crippen molar-refractivity contribution in [2.24, 2.45) is 5.41 Å². The molecule has 4 heteroatoms. The van der Waals surface area contributed by atoms with Crippen molar-refractivity contribution >= 4 is 17.5 Å². The van der Waals surface area contributed by atoms with E-state index in [1.807, 2.05) is 29.2 Å². The van der Waals surface area contributed by atoms with Gasteiger partial charge >= 0.3 is 0 Å². The minimum absolute atomic E-state index is 0.180. The fourth-order valence-electron chi connectivity index (χ4n) is 2.67. The average Bonchev–Trinajstić information content (AvgIpc) is 2.83. The number of halogens is 1. The largest absolute Gasteiger partial charge is 0.335 e. The Kier molecular flexibility index (Phi) is 4.71. The Morgan fingerprint density at radius 1 is 1.50 bits per heavy atom. The van der Waals surface area contributed by atoms with E-state index in [1.54, 1.807) is 0 Å². The van der Waals surface area contributed by atoms with Crippen LogP contribution in [0.15, 0.2) is 24.3 Å². The average molecular weight is 295 g/mol. The van der Waals surface area contributed by atoms with Gasteiger partial charge in [-0.1, -0.05) is 23.7 Å². The monoisotopic (exact) mass is 294 g/mol.